The summed E-state index contributed by atoms with van der Waals surface area (Å²) in [5.41, 5.74) is 0.188. The lowest BCUT2D eigenvalue weighted by molar-refractivity contribution is -0.236. The molecule has 136 valence electrons. The van der Waals surface area contributed by atoms with E-state index in [1.807, 2.05) is 27.7 Å². The Hall–Kier alpha value is -1.91. The molecule has 3 aliphatic rings. The minimum atomic E-state index is -0.458. The molecule has 0 heterocycles. The molecule has 3 fully saturated rings. The van der Waals surface area contributed by atoms with Crippen LogP contribution in [0, 0.1) is 22.6 Å². The molecule has 0 aliphatic heterocycles. The summed E-state index contributed by atoms with van der Waals surface area (Å²) in [5.74, 6) is -0.644. The Morgan fingerprint density at radius 2 is 1.76 bits per heavy atom. The molecule has 0 aromatic heterocycles. The van der Waals surface area contributed by atoms with Crippen LogP contribution in [0.2, 0.25) is 0 Å². The SMILES string of the molecule is C[C@H](C(=O)Nc1ccc(F)cc1)C12CC(CC(=O)OC(C)(C)C)(C1)C2. The molecule has 2 bridgehead atoms. The smallest absolute Gasteiger partial charge is 0.306 e. The lowest BCUT2D eigenvalue weighted by Gasteiger charge is -2.72. The lowest BCUT2D eigenvalue weighted by Crippen LogP contribution is -2.66. The number of hydrogen-bond acceptors (Lipinski definition) is 3. The molecule has 25 heavy (non-hydrogen) atoms. The number of benzene rings is 1. The number of rotatable bonds is 5. The molecule has 1 aromatic rings. The van der Waals surface area contributed by atoms with Gasteiger partial charge in [0.15, 0.2) is 0 Å². The molecule has 4 rings (SSSR count). The van der Waals surface area contributed by atoms with Gasteiger partial charge in [0.1, 0.15) is 11.4 Å². The summed E-state index contributed by atoms with van der Waals surface area (Å²) in [7, 11) is 0. The van der Waals surface area contributed by atoms with Crippen LogP contribution in [0.5, 0.6) is 0 Å². The van der Waals surface area contributed by atoms with Gasteiger partial charge < -0.3 is 10.1 Å². The van der Waals surface area contributed by atoms with Gasteiger partial charge in [0.25, 0.3) is 0 Å². The van der Waals surface area contributed by atoms with Gasteiger partial charge in [-0.3, -0.25) is 9.59 Å². The molecule has 3 saturated carbocycles. The van der Waals surface area contributed by atoms with E-state index in [-0.39, 0.29) is 34.4 Å². The molecule has 5 heteroatoms. The van der Waals surface area contributed by atoms with Crippen molar-refractivity contribution in [3.05, 3.63) is 30.1 Å². The fraction of sp³-hybridized carbons (Fsp3) is 0.600. The number of carbonyl (C=O) groups excluding carboxylic acids is 2. The first-order chi connectivity index (χ1) is 11.5. The van der Waals surface area contributed by atoms with Crippen LogP contribution in [0.3, 0.4) is 0 Å². The highest BCUT2D eigenvalue weighted by atomic mass is 19.1. The molecule has 1 aromatic carbocycles. The standard InChI is InChI=1S/C20H26FNO3/c1-13(17(24)22-15-7-5-14(21)6-8-15)20-10-19(11-20,12-20)9-16(23)25-18(2,3)4/h5-8,13H,9-12H2,1-4H3,(H,22,24)/t13-,19?,20?/m1/s1. The van der Waals surface area contributed by atoms with Crippen molar-refractivity contribution in [1.82, 2.24) is 0 Å². The highest BCUT2D eigenvalue weighted by molar-refractivity contribution is 5.93. The molecular weight excluding hydrogens is 321 g/mol. The third-order valence-electron chi connectivity index (χ3n) is 5.54. The Bertz CT molecular complexity index is 670. The Labute approximate surface area is 148 Å². The zero-order valence-corrected chi connectivity index (χ0v) is 15.3. The lowest BCUT2D eigenvalue weighted by atomic mass is 9.31. The van der Waals surface area contributed by atoms with Gasteiger partial charge in [-0.1, -0.05) is 6.92 Å². The van der Waals surface area contributed by atoms with E-state index in [1.165, 1.54) is 12.1 Å². The summed E-state index contributed by atoms with van der Waals surface area (Å²) < 4.78 is 18.4. The molecule has 0 radical (unpaired) electrons. The van der Waals surface area contributed by atoms with Crippen LogP contribution in [-0.2, 0) is 14.3 Å². The Kier molecular flexibility index (Phi) is 4.17. The molecule has 1 amide bonds. The second-order valence-electron chi connectivity index (χ2n) is 8.87. The summed E-state index contributed by atoms with van der Waals surface area (Å²) in [6.07, 6.45) is 3.14. The number of nitrogens with one attached hydrogen (secondary N) is 1. The maximum atomic E-state index is 12.9. The van der Waals surface area contributed by atoms with Gasteiger partial charge in [0.2, 0.25) is 5.91 Å². The second kappa shape index (κ2) is 5.82. The van der Waals surface area contributed by atoms with Crippen molar-refractivity contribution < 1.29 is 18.7 Å². The van der Waals surface area contributed by atoms with Crippen LogP contribution >= 0.6 is 0 Å². The highest BCUT2D eigenvalue weighted by Crippen LogP contribution is 2.77. The average Bonchev–Trinajstić information content (AvgIpc) is 2.41. The average molecular weight is 347 g/mol. The van der Waals surface area contributed by atoms with Crippen LogP contribution < -0.4 is 5.32 Å². The molecular formula is C20H26FNO3. The first-order valence-corrected chi connectivity index (χ1v) is 8.81. The third-order valence-corrected chi connectivity index (χ3v) is 5.54. The fourth-order valence-electron chi connectivity index (χ4n) is 4.48. The van der Waals surface area contributed by atoms with Crippen molar-refractivity contribution in [2.75, 3.05) is 5.32 Å². The van der Waals surface area contributed by atoms with E-state index >= 15 is 0 Å². The minimum Gasteiger partial charge on any atom is -0.460 e. The van der Waals surface area contributed by atoms with E-state index < -0.39 is 5.60 Å². The number of hydrogen-bond donors (Lipinski definition) is 1. The number of ether oxygens (including phenoxy) is 1. The largest absolute Gasteiger partial charge is 0.460 e. The van der Waals surface area contributed by atoms with Crippen molar-refractivity contribution >= 4 is 17.6 Å². The second-order valence-corrected chi connectivity index (χ2v) is 8.87. The maximum Gasteiger partial charge on any atom is 0.306 e. The summed E-state index contributed by atoms with van der Waals surface area (Å²) in [4.78, 5) is 24.5. The predicted molar refractivity (Wildman–Crippen MR) is 93.4 cm³/mol. The molecule has 0 unspecified atom stereocenters. The number of amides is 1. The molecule has 1 N–H and O–H groups in total. The van der Waals surface area contributed by atoms with Crippen LogP contribution in [0.1, 0.15) is 53.4 Å². The van der Waals surface area contributed by atoms with Crippen LogP contribution in [0.25, 0.3) is 0 Å². The van der Waals surface area contributed by atoms with Gasteiger partial charge in [-0.15, -0.1) is 0 Å². The minimum absolute atomic E-state index is 0.00608. The zero-order chi connectivity index (χ0) is 18.5. The van der Waals surface area contributed by atoms with Crippen molar-refractivity contribution in [3.8, 4) is 0 Å². The van der Waals surface area contributed by atoms with Gasteiger partial charge in [-0.05, 0) is 75.1 Å². The van der Waals surface area contributed by atoms with E-state index in [2.05, 4.69) is 5.32 Å². The van der Waals surface area contributed by atoms with E-state index in [1.54, 1.807) is 12.1 Å². The summed E-state index contributed by atoms with van der Waals surface area (Å²) in [6, 6.07) is 5.78. The molecule has 3 aliphatic carbocycles. The van der Waals surface area contributed by atoms with Crippen molar-refractivity contribution in [2.45, 2.75) is 59.0 Å². The van der Waals surface area contributed by atoms with Gasteiger partial charge in [0, 0.05) is 11.6 Å². The van der Waals surface area contributed by atoms with Crippen LogP contribution in [0.15, 0.2) is 24.3 Å². The molecule has 1 atom stereocenters. The number of anilines is 1. The Morgan fingerprint density at radius 1 is 1.20 bits per heavy atom. The maximum absolute atomic E-state index is 12.9. The Balaban J connectivity index is 1.51. The summed E-state index contributed by atoms with van der Waals surface area (Å²) >= 11 is 0. The monoisotopic (exact) mass is 347 g/mol. The molecule has 0 saturated heterocycles. The Morgan fingerprint density at radius 3 is 2.28 bits per heavy atom. The first-order valence-electron chi connectivity index (χ1n) is 8.81. The normalized spacial score (nSPS) is 28.4. The number of esters is 1. The van der Waals surface area contributed by atoms with Crippen molar-refractivity contribution in [3.63, 3.8) is 0 Å². The number of carbonyl (C=O) groups is 2. The van der Waals surface area contributed by atoms with E-state index in [0.29, 0.717) is 12.1 Å². The van der Waals surface area contributed by atoms with Gasteiger partial charge in [0.05, 0.1) is 6.42 Å². The quantitative estimate of drug-likeness (QED) is 0.808. The van der Waals surface area contributed by atoms with Crippen molar-refractivity contribution in [1.29, 1.82) is 0 Å². The van der Waals surface area contributed by atoms with E-state index in [0.717, 1.165) is 19.3 Å². The van der Waals surface area contributed by atoms with Gasteiger partial charge >= 0.3 is 5.97 Å². The van der Waals surface area contributed by atoms with E-state index in [4.69, 9.17) is 4.74 Å². The van der Waals surface area contributed by atoms with E-state index in [9.17, 15) is 14.0 Å². The first kappa shape index (κ1) is 17.9. The van der Waals surface area contributed by atoms with Gasteiger partial charge in [-0.2, -0.15) is 0 Å². The van der Waals surface area contributed by atoms with Crippen LogP contribution in [-0.4, -0.2) is 17.5 Å². The molecule has 4 nitrogen and oxygen atoms in total. The predicted octanol–water partition coefficient (Wildman–Crippen LogP) is 4.30. The van der Waals surface area contributed by atoms with Crippen LogP contribution in [0.4, 0.5) is 10.1 Å². The molecule has 0 spiro atoms. The van der Waals surface area contributed by atoms with Gasteiger partial charge in [-0.25, -0.2) is 4.39 Å². The van der Waals surface area contributed by atoms with Crippen molar-refractivity contribution in [2.24, 2.45) is 16.7 Å². The zero-order valence-electron chi connectivity index (χ0n) is 15.3. The summed E-state index contributed by atoms with van der Waals surface area (Å²) in [5, 5.41) is 2.85. The fourth-order valence-corrected chi connectivity index (χ4v) is 4.48. The third kappa shape index (κ3) is 3.55. The summed E-state index contributed by atoms with van der Waals surface area (Å²) in [6.45, 7) is 7.55. The topological polar surface area (TPSA) is 55.4 Å². The highest BCUT2D eigenvalue weighted by Gasteiger charge is 2.70. The number of halogens is 1.